The first kappa shape index (κ1) is 20.7. The summed E-state index contributed by atoms with van der Waals surface area (Å²) in [6, 6.07) is 7.98. The number of allylic oxidation sites excluding steroid dienone is 1. The molecule has 3 aromatic rings. The summed E-state index contributed by atoms with van der Waals surface area (Å²) in [5.74, 6) is 1.50. The number of hydrogen-bond donors (Lipinski definition) is 1. The Morgan fingerprint density at radius 2 is 1.79 bits per heavy atom. The molecule has 0 atom stereocenters. The Hall–Kier alpha value is -3.01. The van der Waals surface area contributed by atoms with E-state index in [4.69, 9.17) is 9.15 Å². The maximum absolute atomic E-state index is 12.6. The van der Waals surface area contributed by atoms with Crippen LogP contribution in [-0.2, 0) is 4.79 Å². The van der Waals surface area contributed by atoms with Gasteiger partial charge >= 0.3 is 0 Å². The van der Waals surface area contributed by atoms with Crippen LogP contribution in [0.5, 0.6) is 5.75 Å². The summed E-state index contributed by atoms with van der Waals surface area (Å²) >= 11 is 0. The third-order valence-corrected chi connectivity index (χ3v) is 5.48. The number of carbonyl (C=O) groups is 1. The maximum atomic E-state index is 12.6. The number of fused-ring (bicyclic) bond motifs is 1. The topological polar surface area (TPSA) is 51.5 Å². The number of furan rings is 1. The normalized spacial score (nSPS) is 11.8. The SMILES string of the molecule is CCOc1c(/C(C)=C/C(=O)Nc2ccc(C)c(C)c2)cc2c(C)c(C)oc2c1C. The third kappa shape index (κ3) is 4.07. The van der Waals surface area contributed by atoms with E-state index < -0.39 is 0 Å². The van der Waals surface area contributed by atoms with Gasteiger partial charge in [0.2, 0.25) is 5.91 Å². The number of hydrogen-bond acceptors (Lipinski definition) is 3. The Bertz CT molecular complexity index is 1120. The highest BCUT2D eigenvalue weighted by molar-refractivity contribution is 6.05. The lowest BCUT2D eigenvalue weighted by atomic mass is 9.98. The zero-order valence-electron chi connectivity index (χ0n) is 18.3. The van der Waals surface area contributed by atoms with Crippen LogP contribution < -0.4 is 10.1 Å². The minimum absolute atomic E-state index is 0.161. The lowest BCUT2D eigenvalue weighted by molar-refractivity contribution is -0.111. The molecule has 0 aliphatic rings. The predicted molar refractivity (Wildman–Crippen MR) is 120 cm³/mol. The first-order valence-corrected chi connectivity index (χ1v) is 9.96. The number of amides is 1. The number of rotatable bonds is 5. The van der Waals surface area contributed by atoms with E-state index in [1.54, 1.807) is 6.08 Å². The molecule has 0 bridgehead atoms. The molecule has 1 N–H and O–H groups in total. The van der Waals surface area contributed by atoms with Crippen molar-refractivity contribution in [3.05, 3.63) is 63.9 Å². The minimum Gasteiger partial charge on any atom is -0.493 e. The molecule has 29 heavy (non-hydrogen) atoms. The van der Waals surface area contributed by atoms with E-state index in [-0.39, 0.29) is 5.91 Å². The molecule has 152 valence electrons. The molecule has 0 unspecified atom stereocenters. The van der Waals surface area contributed by atoms with E-state index in [1.807, 2.05) is 52.8 Å². The van der Waals surface area contributed by atoms with Gasteiger partial charge < -0.3 is 14.5 Å². The van der Waals surface area contributed by atoms with Crippen molar-refractivity contribution < 1.29 is 13.9 Å². The van der Waals surface area contributed by atoms with Gasteiger partial charge in [-0.2, -0.15) is 0 Å². The number of carbonyl (C=O) groups excluding carboxylic acids is 1. The average Bonchev–Trinajstić information content (AvgIpc) is 2.95. The molecule has 0 spiro atoms. The van der Waals surface area contributed by atoms with E-state index in [0.29, 0.717) is 6.61 Å². The van der Waals surface area contributed by atoms with Crippen LogP contribution in [0.1, 0.15) is 47.4 Å². The van der Waals surface area contributed by atoms with Gasteiger partial charge in [0.05, 0.1) is 6.61 Å². The van der Waals surface area contributed by atoms with Gasteiger partial charge in [0.15, 0.2) is 0 Å². The summed E-state index contributed by atoms with van der Waals surface area (Å²) in [5.41, 5.74) is 7.81. The van der Waals surface area contributed by atoms with Crippen molar-refractivity contribution >= 4 is 28.1 Å². The molecular formula is C25H29NO3. The number of nitrogens with one attached hydrogen (secondary N) is 1. The number of aryl methyl sites for hydroxylation is 5. The van der Waals surface area contributed by atoms with Crippen LogP contribution in [0.2, 0.25) is 0 Å². The molecule has 1 aromatic heterocycles. The fraction of sp³-hybridized carbons (Fsp3) is 0.320. The van der Waals surface area contributed by atoms with Gasteiger partial charge in [-0.05, 0) is 88.9 Å². The van der Waals surface area contributed by atoms with Crippen LogP contribution in [0.15, 0.2) is 34.8 Å². The van der Waals surface area contributed by atoms with Crippen LogP contribution in [0.4, 0.5) is 5.69 Å². The molecule has 0 aliphatic carbocycles. The van der Waals surface area contributed by atoms with Gasteiger partial charge in [-0.25, -0.2) is 0 Å². The maximum Gasteiger partial charge on any atom is 0.248 e. The first-order valence-electron chi connectivity index (χ1n) is 9.96. The van der Waals surface area contributed by atoms with Crippen LogP contribution in [0.25, 0.3) is 16.5 Å². The molecule has 0 saturated heterocycles. The fourth-order valence-electron chi connectivity index (χ4n) is 3.51. The molecule has 1 heterocycles. The minimum atomic E-state index is -0.161. The number of benzene rings is 2. The number of ether oxygens (including phenoxy) is 1. The van der Waals surface area contributed by atoms with Crippen LogP contribution in [-0.4, -0.2) is 12.5 Å². The van der Waals surface area contributed by atoms with Gasteiger partial charge in [0, 0.05) is 28.3 Å². The molecule has 1 amide bonds. The summed E-state index contributed by atoms with van der Waals surface area (Å²) in [7, 11) is 0. The highest BCUT2D eigenvalue weighted by Gasteiger charge is 2.18. The zero-order chi connectivity index (χ0) is 21.3. The van der Waals surface area contributed by atoms with Crippen molar-refractivity contribution in [1.82, 2.24) is 0 Å². The van der Waals surface area contributed by atoms with Crippen LogP contribution in [0.3, 0.4) is 0 Å². The van der Waals surface area contributed by atoms with E-state index in [2.05, 4.69) is 25.2 Å². The van der Waals surface area contributed by atoms with Gasteiger partial charge in [-0.15, -0.1) is 0 Å². The van der Waals surface area contributed by atoms with Crippen molar-refractivity contribution in [2.45, 2.75) is 48.5 Å². The summed E-state index contributed by atoms with van der Waals surface area (Å²) < 4.78 is 11.9. The summed E-state index contributed by atoms with van der Waals surface area (Å²) in [6.45, 7) is 14.5. The summed E-state index contributed by atoms with van der Waals surface area (Å²) in [5, 5.41) is 4.01. The molecule has 0 fully saturated rings. The van der Waals surface area contributed by atoms with E-state index in [9.17, 15) is 4.79 Å². The summed E-state index contributed by atoms with van der Waals surface area (Å²) in [6.07, 6.45) is 1.63. The second kappa shape index (κ2) is 8.16. The van der Waals surface area contributed by atoms with Gasteiger partial charge in [-0.1, -0.05) is 6.07 Å². The smallest absolute Gasteiger partial charge is 0.248 e. The van der Waals surface area contributed by atoms with Gasteiger partial charge in [0.1, 0.15) is 17.1 Å². The quantitative estimate of drug-likeness (QED) is 0.511. The first-order chi connectivity index (χ1) is 13.7. The van der Waals surface area contributed by atoms with Crippen LogP contribution >= 0.6 is 0 Å². The molecule has 0 aliphatic heterocycles. The van der Waals surface area contributed by atoms with Crippen LogP contribution in [0, 0.1) is 34.6 Å². The van der Waals surface area contributed by atoms with Crippen molar-refractivity contribution in [3.8, 4) is 5.75 Å². The lowest BCUT2D eigenvalue weighted by Gasteiger charge is -2.14. The Labute approximate surface area is 172 Å². The Balaban J connectivity index is 2.00. The fourth-order valence-corrected chi connectivity index (χ4v) is 3.51. The number of anilines is 1. The van der Waals surface area contributed by atoms with E-state index in [1.165, 1.54) is 5.56 Å². The van der Waals surface area contributed by atoms with Gasteiger partial charge in [0.25, 0.3) is 0 Å². The van der Waals surface area contributed by atoms with E-state index in [0.717, 1.165) is 56.0 Å². The summed E-state index contributed by atoms with van der Waals surface area (Å²) in [4.78, 5) is 12.6. The molecule has 0 radical (unpaired) electrons. The highest BCUT2D eigenvalue weighted by Crippen LogP contribution is 2.38. The molecular weight excluding hydrogens is 362 g/mol. The Kier molecular flexibility index (Phi) is 5.83. The molecule has 3 rings (SSSR count). The molecule has 0 saturated carbocycles. The Morgan fingerprint density at radius 1 is 1.07 bits per heavy atom. The van der Waals surface area contributed by atoms with E-state index >= 15 is 0 Å². The second-order valence-electron chi connectivity index (χ2n) is 7.59. The largest absolute Gasteiger partial charge is 0.493 e. The second-order valence-corrected chi connectivity index (χ2v) is 7.59. The van der Waals surface area contributed by atoms with Crippen molar-refractivity contribution in [3.63, 3.8) is 0 Å². The monoisotopic (exact) mass is 391 g/mol. The Morgan fingerprint density at radius 3 is 2.45 bits per heavy atom. The average molecular weight is 392 g/mol. The molecule has 2 aromatic carbocycles. The van der Waals surface area contributed by atoms with Gasteiger partial charge in [-0.3, -0.25) is 4.79 Å². The lowest BCUT2D eigenvalue weighted by Crippen LogP contribution is -2.09. The predicted octanol–water partition coefficient (Wildman–Crippen LogP) is 6.42. The highest BCUT2D eigenvalue weighted by atomic mass is 16.5. The van der Waals surface area contributed by atoms with Crippen molar-refractivity contribution in [1.29, 1.82) is 0 Å². The van der Waals surface area contributed by atoms with Crippen molar-refractivity contribution in [2.24, 2.45) is 0 Å². The third-order valence-electron chi connectivity index (χ3n) is 5.48. The zero-order valence-corrected chi connectivity index (χ0v) is 18.3. The standard InChI is InChI=1S/C25H29NO3/c1-8-28-24-18(6)25-22(17(5)19(7)29-25)13-21(24)16(4)12-23(27)26-20-10-9-14(2)15(3)11-20/h9-13H,8H2,1-7H3,(H,26,27)/b16-12+. The molecule has 4 nitrogen and oxygen atoms in total. The van der Waals surface area contributed by atoms with Crippen molar-refractivity contribution in [2.75, 3.05) is 11.9 Å². The molecule has 4 heteroatoms.